The van der Waals surface area contributed by atoms with E-state index in [0.29, 0.717) is 5.56 Å². The summed E-state index contributed by atoms with van der Waals surface area (Å²) in [5, 5.41) is 0. The van der Waals surface area contributed by atoms with Gasteiger partial charge in [0.25, 0.3) is 0 Å². The van der Waals surface area contributed by atoms with Crippen LogP contribution in [0.15, 0.2) is 47.4 Å². The molecule has 1 N–H and O–H groups in total. The van der Waals surface area contributed by atoms with E-state index >= 15 is 0 Å². The first kappa shape index (κ1) is 18.9. The predicted octanol–water partition coefficient (Wildman–Crippen LogP) is 2.46. The Hall–Kier alpha value is -2.39. The molecule has 25 heavy (non-hydrogen) atoms. The topological polar surface area (TPSA) is 107 Å². The fraction of sp³-hybridized carbons (Fsp3) is 0.188. The van der Waals surface area contributed by atoms with Gasteiger partial charge in [-0.1, -0.05) is 12.1 Å². The highest BCUT2D eigenvalue weighted by Crippen LogP contribution is 2.34. The maximum Gasteiger partial charge on any atom is 0.229 e. The van der Waals surface area contributed by atoms with Crippen molar-refractivity contribution in [3.63, 3.8) is 0 Å². The first-order valence-corrected chi connectivity index (χ1v) is 10.9. The molecule has 2 aromatic carbocycles. The molecule has 2 rings (SSSR count). The Morgan fingerprint density at radius 1 is 0.960 bits per heavy atom. The molecule has 0 atom stereocenters. The fourth-order valence-electron chi connectivity index (χ4n) is 2.07. The monoisotopic (exact) mass is 383 g/mol. The average Bonchev–Trinajstić information content (AvgIpc) is 2.47. The van der Waals surface area contributed by atoms with Gasteiger partial charge in [-0.25, -0.2) is 16.8 Å². The molecule has 0 aliphatic rings. The van der Waals surface area contributed by atoms with Crippen molar-refractivity contribution in [2.45, 2.75) is 11.8 Å². The summed E-state index contributed by atoms with van der Waals surface area (Å²) in [6, 6.07) is 10.1. The summed E-state index contributed by atoms with van der Waals surface area (Å²) in [5.74, 6) is -0.191. The number of sulfonamides is 1. The van der Waals surface area contributed by atoms with Gasteiger partial charge in [-0.2, -0.15) is 0 Å². The lowest BCUT2D eigenvalue weighted by Gasteiger charge is -2.15. The summed E-state index contributed by atoms with van der Waals surface area (Å²) in [5.41, 5.74) is 0.390. The number of anilines is 1. The number of carbonyl (C=O) groups excluding carboxylic acids is 1. The van der Waals surface area contributed by atoms with Gasteiger partial charge in [0, 0.05) is 11.8 Å². The minimum Gasteiger partial charge on any atom is -0.454 e. The first-order valence-electron chi connectivity index (χ1n) is 7.07. The average molecular weight is 383 g/mol. The lowest BCUT2D eigenvalue weighted by molar-refractivity contribution is 0.101. The van der Waals surface area contributed by atoms with Crippen molar-refractivity contribution in [1.29, 1.82) is 0 Å². The van der Waals surface area contributed by atoms with Crippen LogP contribution < -0.4 is 9.46 Å². The Labute approximate surface area is 146 Å². The van der Waals surface area contributed by atoms with Crippen LogP contribution in [0.4, 0.5) is 5.69 Å². The molecule has 0 amide bonds. The number of carbonyl (C=O) groups is 1. The molecular formula is C16H17NO6S2. The Balaban J connectivity index is 2.58. The zero-order valence-electron chi connectivity index (χ0n) is 13.8. The summed E-state index contributed by atoms with van der Waals surface area (Å²) < 4.78 is 54.7. The van der Waals surface area contributed by atoms with E-state index in [2.05, 4.69) is 4.72 Å². The van der Waals surface area contributed by atoms with E-state index in [-0.39, 0.29) is 27.9 Å². The highest BCUT2D eigenvalue weighted by Gasteiger charge is 2.17. The number of benzene rings is 2. The molecule has 0 saturated carbocycles. The van der Waals surface area contributed by atoms with Crippen molar-refractivity contribution < 1.29 is 26.4 Å². The van der Waals surface area contributed by atoms with Crippen LogP contribution in [0.5, 0.6) is 11.5 Å². The van der Waals surface area contributed by atoms with Gasteiger partial charge >= 0.3 is 0 Å². The number of hydrogen-bond acceptors (Lipinski definition) is 6. The molecule has 0 aromatic heterocycles. The third kappa shape index (κ3) is 5.04. The van der Waals surface area contributed by atoms with Crippen LogP contribution in [-0.2, 0) is 19.9 Å². The second-order valence-corrected chi connectivity index (χ2v) is 9.19. The van der Waals surface area contributed by atoms with Crippen LogP contribution in [0, 0.1) is 0 Å². The standard InChI is InChI=1S/C16H17NO6S2/c1-11(18)12-8-9-13(17-25(3,21)22)15(10-12)23-14-6-4-5-7-16(14)24(2,19)20/h4-10,17H,1-3H3. The Morgan fingerprint density at radius 2 is 1.60 bits per heavy atom. The summed E-state index contributed by atoms with van der Waals surface area (Å²) in [6.07, 6.45) is 2.01. The van der Waals surface area contributed by atoms with Gasteiger partial charge in [0.1, 0.15) is 10.6 Å². The second-order valence-electron chi connectivity index (χ2n) is 5.46. The number of hydrogen-bond donors (Lipinski definition) is 1. The van der Waals surface area contributed by atoms with Crippen molar-refractivity contribution in [2.24, 2.45) is 0 Å². The van der Waals surface area contributed by atoms with Crippen LogP contribution in [0.1, 0.15) is 17.3 Å². The normalized spacial score (nSPS) is 11.8. The van der Waals surface area contributed by atoms with Crippen LogP contribution >= 0.6 is 0 Å². The Bertz CT molecular complexity index is 1030. The Morgan fingerprint density at radius 3 is 2.16 bits per heavy atom. The fourth-order valence-corrected chi connectivity index (χ4v) is 3.44. The molecular weight excluding hydrogens is 366 g/mol. The van der Waals surface area contributed by atoms with Crippen LogP contribution in [0.25, 0.3) is 0 Å². The van der Waals surface area contributed by atoms with E-state index in [0.717, 1.165) is 12.5 Å². The zero-order chi connectivity index (χ0) is 18.8. The van der Waals surface area contributed by atoms with E-state index in [1.165, 1.54) is 37.3 Å². The van der Waals surface area contributed by atoms with Crippen LogP contribution in [-0.4, -0.2) is 35.1 Å². The molecule has 0 bridgehead atoms. The van der Waals surface area contributed by atoms with Crippen LogP contribution in [0.2, 0.25) is 0 Å². The number of nitrogens with one attached hydrogen (secondary N) is 1. The highest BCUT2D eigenvalue weighted by molar-refractivity contribution is 7.92. The lowest BCUT2D eigenvalue weighted by Crippen LogP contribution is -2.11. The van der Waals surface area contributed by atoms with Crippen molar-refractivity contribution in [1.82, 2.24) is 0 Å². The highest BCUT2D eigenvalue weighted by atomic mass is 32.2. The maximum absolute atomic E-state index is 11.9. The van der Waals surface area contributed by atoms with Crippen molar-refractivity contribution in [3.8, 4) is 11.5 Å². The molecule has 0 aliphatic heterocycles. The van der Waals surface area contributed by atoms with Crippen LogP contribution in [0.3, 0.4) is 0 Å². The van der Waals surface area contributed by atoms with E-state index < -0.39 is 19.9 Å². The molecule has 0 aliphatic carbocycles. The number of sulfone groups is 1. The molecule has 0 saturated heterocycles. The zero-order valence-corrected chi connectivity index (χ0v) is 15.4. The molecule has 2 aromatic rings. The molecule has 0 spiro atoms. The van der Waals surface area contributed by atoms with E-state index in [1.807, 2.05) is 0 Å². The molecule has 134 valence electrons. The number of para-hydroxylation sites is 1. The molecule has 0 unspecified atom stereocenters. The molecule has 9 heteroatoms. The molecule has 7 nitrogen and oxygen atoms in total. The molecule has 0 radical (unpaired) electrons. The first-order chi connectivity index (χ1) is 11.5. The summed E-state index contributed by atoms with van der Waals surface area (Å²) in [4.78, 5) is 11.5. The van der Waals surface area contributed by atoms with E-state index in [1.54, 1.807) is 12.1 Å². The number of Topliss-reactive ketones (excluding diaryl/α,β-unsaturated/α-hetero) is 1. The Kier molecular flexibility index (Phi) is 5.19. The van der Waals surface area contributed by atoms with Gasteiger partial charge in [0.05, 0.1) is 11.9 Å². The van der Waals surface area contributed by atoms with Gasteiger partial charge in [0.2, 0.25) is 10.0 Å². The SMILES string of the molecule is CC(=O)c1ccc(NS(C)(=O)=O)c(Oc2ccccc2S(C)(=O)=O)c1. The van der Waals surface area contributed by atoms with Gasteiger partial charge in [-0.3, -0.25) is 9.52 Å². The predicted molar refractivity (Wildman–Crippen MR) is 94.5 cm³/mol. The van der Waals surface area contributed by atoms with Crippen molar-refractivity contribution >= 4 is 31.3 Å². The largest absolute Gasteiger partial charge is 0.454 e. The number of ether oxygens (including phenoxy) is 1. The maximum atomic E-state index is 11.9. The van der Waals surface area contributed by atoms with Gasteiger partial charge in [0.15, 0.2) is 21.4 Å². The summed E-state index contributed by atoms with van der Waals surface area (Å²) in [7, 11) is -7.16. The van der Waals surface area contributed by atoms with Gasteiger partial charge in [-0.15, -0.1) is 0 Å². The third-order valence-electron chi connectivity index (χ3n) is 3.15. The van der Waals surface area contributed by atoms with E-state index in [9.17, 15) is 21.6 Å². The van der Waals surface area contributed by atoms with Crippen molar-refractivity contribution in [2.75, 3.05) is 17.2 Å². The molecule has 0 heterocycles. The quantitative estimate of drug-likeness (QED) is 0.768. The smallest absolute Gasteiger partial charge is 0.229 e. The third-order valence-corrected chi connectivity index (χ3v) is 4.88. The summed E-state index contributed by atoms with van der Waals surface area (Å²) in [6.45, 7) is 1.35. The summed E-state index contributed by atoms with van der Waals surface area (Å²) >= 11 is 0. The second kappa shape index (κ2) is 6.85. The minimum atomic E-state index is -3.60. The van der Waals surface area contributed by atoms with Gasteiger partial charge in [-0.05, 0) is 37.3 Å². The lowest BCUT2D eigenvalue weighted by atomic mass is 10.1. The minimum absolute atomic E-state index is 0.0224. The number of ketones is 1. The van der Waals surface area contributed by atoms with Crippen molar-refractivity contribution in [3.05, 3.63) is 48.0 Å². The van der Waals surface area contributed by atoms with Gasteiger partial charge < -0.3 is 4.74 Å². The molecule has 0 fully saturated rings. The van der Waals surface area contributed by atoms with E-state index in [4.69, 9.17) is 4.74 Å². The number of rotatable bonds is 6.